The summed E-state index contributed by atoms with van der Waals surface area (Å²) < 4.78 is 5.10. The Bertz CT molecular complexity index is 429. The summed E-state index contributed by atoms with van der Waals surface area (Å²) in [5, 5.41) is 5.11. The van der Waals surface area contributed by atoms with Crippen molar-refractivity contribution in [1.29, 1.82) is 0 Å². The van der Waals surface area contributed by atoms with Crippen LogP contribution in [-0.4, -0.2) is 5.16 Å². The molecule has 0 spiro atoms. The van der Waals surface area contributed by atoms with E-state index in [1.165, 1.54) is 11.1 Å². The minimum Gasteiger partial charge on any atom is -0.360 e. The highest BCUT2D eigenvalue weighted by Crippen LogP contribution is 2.23. The van der Waals surface area contributed by atoms with E-state index in [2.05, 4.69) is 25.1 Å². The van der Waals surface area contributed by atoms with E-state index in [9.17, 15) is 0 Å². The molecular weight excluding hydrogens is 150 g/mol. The summed E-state index contributed by atoms with van der Waals surface area (Å²) in [5.41, 5.74) is 3.51. The van der Waals surface area contributed by atoms with Gasteiger partial charge in [-0.3, -0.25) is 0 Å². The molecule has 0 saturated heterocycles. The van der Waals surface area contributed by atoms with Crippen LogP contribution in [0.15, 0.2) is 16.7 Å². The van der Waals surface area contributed by atoms with Crippen LogP contribution in [0.25, 0.3) is 10.9 Å². The minimum absolute atomic E-state index is 0.909. The molecule has 12 heavy (non-hydrogen) atoms. The summed E-state index contributed by atoms with van der Waals surface area (Å²) >= 11 is 0. The number of fused-ring (bicyclic) bond motifs is 1. The highest BCUT2D eigenvalue weighted by molar-refractivity contribution is 5.84. The Kier molecular flexibility index (Phi) is 1.43. The van der Waals surface area contributed by atoms with Gasteiger partial charge in [0.2, 0.25) is 0 Å². The Morgan fingerprint density at radius 2 is 1.92 bits per heavy atom. The molecule has 0 fully saturated rings. The molecule has 2 heteroatoms. The summed E-state index contributed by atoms with van der Waals surface area (Å²) in [6, 6.07) is 4.06. The van der Waals surface area contributed by atoms with Crippen LogP contribution in [-0.2, 0) is 0 Å². The van der Waals surface area contributed by atoms with Crippen molar-refractivity contribution in [2.45, 2.75) is 20.8 Å². The van der Waals surface area contributed by atoms with Crippen molar-refractivity contribution >= 4 is 10.9 Å². The van der Waals surface area contributed by atoms with Crippen LogP contribution in [0, 0.1) is 20.8 Å². The summed E-state index contributed by atoms with van der Waals surface area (Å²) in [4.78, 5) is 0. The molecule has 62 valence electrons. The second-order valence-electron chi connectivity index (χ2n) is 3.14. The van der Waals surface area contributed by atoms with Crippen molar-refractivity contribution in [1.82, 2.24) is 5.16 Å². The summed E-state index contributed by atoms with van der Waals surface area (Å²) in [6.45, 7) is 6.14. The van der Waals surface area contributed by atoms with Gasteiger partial charge in [0.15, 0.2) is 0 Å². The number of rotatable bonds is 0. The lowest BCUT2D eigenvalue weighted by Gasteiger charge is -1.98. The molecule has 0 saturated carbocycles. The molecule has 0 bridgehead atoms. The van der Waals surface area contributed by atoms with Gasteiger partial charge in [-0.25, -0.2) is 0 Å². The molecule has 0 radical (unpaired) electrons. The molecule has 0 aliphatic carbocycles. The Morgan fingerprint density at radius 3 is 2.67 bits per heavy atom. The van der Waals surface area contributed by atoms with Crippen LogP contribution in [0.5, 0.6) is 0 Å². The molecule has 0 atom stereocenters. The maximum absolute atomic E-state index is 5.10. The van der Waals surface area contributed by atoms with E-state index in [1.54, 1.807) is 0 Å². The quantitative estimate of drug-likeness (QED) is 0.593. The Balaban J connectivity index is 2.96. The Morgan fingerprint density at radius 1 is 1.17 bits per heavy atom. The predicted octanol–water partition coefficient (Wildman–Crippen LogP) is 2.75. The lowest BCUT2D eigenvalue weighted by Crippen LogP contribution is -1.81. The lowest BCUT2D eigenvalue weighted by molar-refractivity contribution is 0.405. The number of hydrogen-bond acceptors (Lipinski definition) is 2. The van der Waals surface area contributed by atoms with Crippen molar-refractivity contribution in [3.8, 4) is 0 Å². The van der Waals surface area contributed by atoms with E-state index in [-0.39, 0.29) is 0 Å². The number of hydrogen-bond donors (Lipinski definition) is 0. The third-order valence-electron chi connectivity index (χ3n) is 2.35. The van der Waals surface area contributed by atoms with Crippen LogP contribution in [0.3, 0.4) is 0 Å². The Hall–Kier alpha value is -1.31. The zero-order valence-corrected chi connectivity index (χ0v) is 7.51. The molecule has 0 amide bonds. The van der Waals surface area contributed by atoms with E-state index >= 15 is 0 Å². The van der Waals surface area contributed by atoms with E-state index < -0.39 is 0 Å². The van der Waals surface area contributed by atoms with Crippen molar-refractivity contribution in [2.24, 2.45) is 0 Å². The first kappa shape index (κ1) is 7.35. The lowest BCUT2D eigenvalue weighted by atomic mass is 10.0. The van der Waals surface area contributed by atoms with Crippen LogP contribution >= 0.6 is 0 Å². The van der Waals surface area contributed by atoms with Crippen molar-refractivity contribution < 1.29 is 4.52 Å². The normalized spacial score (nSPS) is 10.9. The van der Waals surface area contributed by atoms with Crippen LogP contribution in [0.4, 0.5) is 0 Å². The molecule has 1 aromatic heterocycles. The second kappa shape index (κ2) is 2.34. The standard InChI is InChI=1S/C10H11NO/c1-6-4-5-9-10(7(6)2)8(3)12-11-9/h4-5H,1-3H3. The molecular formula is C10H11NO. The molecule has 2 rings (SSSR count). The highest BCUT2D eigenvalue weighted by atomic mass is 16.5. The van der Waals surface area contributed by atoms with Gasteiger partial charge in [-0.1, -0.05) is 11.2 Å². The average Bonchev–Trinajstić information content (AvgIpc) is 2.41. The molecule has 2 nitrogen and oxygen atoms in total. The fourth-order valence-electron chi connectivity index (χ4n) is 1.49. The molecule has 0 unspecified atom stereocenters. The van der Waals surface area contributed by atoms with Crippen LogP contribution in [0.2, 0.25) is 0 Å². The Labute approximate surface area is 71.2 Å². The topological polar surface area (TPSA) is 26.0 Å². The fraction of sp³-hybridized carbons (Fsp3) is 0.300. The van der Waals surface area contributed by atoms with Gasteiger partial charge in [0, 0.05) is 5.39 Å². The molecule has 0 N–H and O–H groups in total. The largest absolute Gasteiger partial charge is 0.360 e. The SMILES string of the molecule is Cc1ccc2noc(C)c2c1C. The maximum Gasteiger partial charge on any atom is 0.141 e. The number of nitrogens with zero attached hydrogens (tertiary/aromatic N) is 1. The summed E-state index contributed by atoms with van der Waals surface area (Å²) in [7, 11) is 0. The van der Waals surface area contributed by atoms with Gasteiger partial charge in [0.25, 0.3) is 0 Å². The first-order valence-corrected chi connectivity index (χ1v) is 4.02. The number of benzene rings is 1. The fourth-order valence-corrected chi connectivity index (χ4v) is 1.49. The van der Waals surface area contributed by atoms with Gasteiger partial charge < -0.3 is 4.52 Å². The first-order valence-electron chi connectivity index (χ1n) is 4.02. The van der Waals surface area contributed by atoms with Crippen molar-refractivity contribution in [3.63, 3.8) is 0 Å². The number of aryl methyl sites for hydroxylation is 3. The van der Waals surface area contributed by atoms with E-state index in [4.69, 9.17) is 4.52 Å². The highest BCUT2D eigenvalue weighted by Gasteiger charge is 2.07. The number of aromatic nitrogens is 1. The van der Waals surface area contributed by atoms with E-state index in [1.807, 2.05) is 13.0 Å². The first-order chi connectivity index (χ1) is 5.70. The van der Waals surface area contributed by atoms with Gasteiger partial charge in [0.05, 0.1) is 0 Å². The van der Waals surface area contributed by atoms with Gasteiger partial charge in [0.1, 0.15) is 11.3 Å². The van der Waals surface area contributed by atoms with E-state index in [0.717, 1.165) is 16.7 Å². The molecule has 0 aliphatic rings. The predicted molar refractivity (Wildman–Crippen MR) is 48.2 cm³/mol. The smallest absolute Gasteiger partial charge is 0.141 e. The monoisotopic (exact) mass is 161 g/mol. The third kappa shape index (κ3) is 0.843. The van der Waals surface area contributed by atoms with Gasteiger partial charge >= 0.3 is 0 Å². The maximum atomic E-state index is 5.10. The second-order valence-corrected chi connectivity index (χ2v) is 3.14. The van der Waals surface area contributed by atoms with Crippen molar-refractivity contribution in [2.75, 3.05) is 0 Å². The molecule has 1 aromatic carbocycles. The van der Waals surface area contributed by atoms with Gasteiger partial charge in [-0.05, 0) is 38.0 Å². The molecule has 0 aliphatic heterocycles. The van der Waals surface area contributed by atoms with E-state index in [0.29, 0.717) is 0 Å². The van der Waals surface area contributed by atoms with Gasteiger partial charge in [-0.2, -0.15) is 0 Å². The third-order valence-corrected chi connectivity index (χ3v) is 2.35. The molecule has 1 heterocycles. The van der Waals surface area contributed by atoms with Crippen LogP contribution in [0.1, 0.15) is 16.9 Å². The zero-order chi connectivity index (χ0) is 8.72. The van der Waals surface area contributed by atoms with Gasteiger partial charge in [-0.15, -0.1) is 0 Å². The zero-order valence-electron chi connectivity index (χ0n) is 7.51. The average molecular weight is 161 g/mol. The van der Waals surface area contributed by atoms with Crippen LogP contribution < -0.4 is 0 Å². The summed E-state index contributed by atoms with van der Waals surface area (Å²) in [5.74, 6) is 0.909. The summed E-state index contributed by atoms with van der Waals surface area (Å²) in [6.07, 6.45) is 0. The molecule has 2 aromatic rings. The van der Waals surface area contributed by atoms with Crippen molar-refractivity contribution in [3.05, 3.63) is 29.0 Å². The minimum atomic E-state index is 0.909.